The van der Waals surface area contributed by atoms with Gasteiger partial charge in [-0.2, -0.15) is 0 Å². The largest absolute Gasteiger partial charge is 0.361 e. The zero-order valence-electron chi connectivity index (χ0n) is 13.4. The Hall–Kier alpha value is -2.27. The highest BCUT2D eigenvalue weighted by Crippen LogP contribution is 2.38. The van der Waals surface area contributed by atoms with Crippen LogP contribution in [0.5, 0.6) is 0 Å². The number of nitrogens with zero attached hydrogens (tertiary/aromatic N) is 3. The van der Waals surface area contributed by atoms with Gasteiger partial charge >= 0.3 is 0 Å². The number of rotatable bonds is 3. The topological polar surface area (TPSA) is 44.8 Å². The maximum Gasteiger partial charge on any atom is 0.131 e. The SMILES string of the molecule is Fc1ccc2c(CN3CCc4cnc(C5CC5)nc4C3)c[nH]c2c1. The van der Waals surface area contributed by atoms with Gasteiger partial charge < -0.3 is 4.98 Å². The predicted molar refractivity (Wildman–Crippen MR) is 90.1 cm³/mol. The minimum atomic E-state index is -0.202. The molecule has 0 bridgehead atoms. The number of aromatic amines is 1. The van der Waals surface area contributed by atoms with Crippen LogP contribution in [-0.4, -0.2) is 26.4 Å². The highest BCUT2D eigenvalue weighted by Gasteiger charge is 2.28. The fraction of sp³-hybridized carbons (Fsp3) is 0.368. The van der Waals surface area contributed by atoms with Crippen LogP contribution in [0.15, 0.2) is 30.6 Å². The lowest BCUT2D eigenvalue weighted by molar-refractivity contribution is 0.241. The van der Waals surface area contributed by atoms with E-state index in [4.69, 9.17) is 4.98 Å². The number of fused-ring (bicyclic) bond motifs is 2. The lowest BCUT2D eigenvalue weighted by Gasteiger charge is -2.27. The van der Waals surface area contributed by atoms with Gasteiger partial charge in [0, 0.05) is 48.8 Å². The second-order valence-electron chi connectivity index (χ2n) is 6.94. The summed E-state index contributed by atoms with van der Waals surface area (Å²) in [5, 5.41) is 1.10. The smallest absolute Gasteiger partial charge is 0.131 e. The molecule has 0 spiro atoms. The van der Waals surface area contributed by atoms with E-state index in [1.165, 1.54) is 35.7 Å². The summed E-state index contributed by atoms with van der Waals surface area (Å²) in [6, 6.07) is 4.95. The van der Waals surface area contributed by atoms with Gasteiger partial charge in [-0.1, -0.05) is 0 Å². The molecule has 1 fully saturated rings. The molecule has 2 aromatic heterocycles. The van der Waals surface area contributed by atoms with Gasteiger partial charge in [0.15, 0.2) is 0 Å². The Bertz CT molecular complexity index is 913. The fourth-order valence-corrected chi connectivity index (χ4v) is 3.58. The van der Waals surface area contributed by atoms with Crippen molar-refractivity contribution in [2.24, 2.45) is 0 Å². The summed E-state index contributed by atoms with van der Waals surface area (Å²) >= 11 is 0. The van der Waals surface area contributed by atoms with Gasteiger partial charge in [0.2, 0.25) is 0 Å². The van der Waals surface area contributed by atoms with Crippen LogP contribution < -0.4 is 0 Å². The maximum absolute atomic E-state index is 13.3. The number of hydrogen-bond acceptors (Lipinski definition) is 3. The van der Waals surface area contributed by atoms with E-state index in [1.54, 1.807) is 6.07 Å². The van der Waals surface area contributed by atoms with E-state index >= 15 is 0 Å². The lowest BCUT2D eigenvalue weighted by atomic mass is 10.1. The molecule has 24 heavy (non-hydrogen) atoms. The van der Waals surface area contributed by atoms with E-state index in [0.717, 1.165) is 42.8 Å². The van der Waals surface area contributed by atoms with Gasteiger partial charge in [-0.25, -0.2) is 14.4 Å². The molecule has 0 unspecified atom stereocenters. The molecule has 122 valence electrons. The van der Waals surface area contributed by atoms with Crippen LogP contribution in [0.25, 0.3) is 10.9 Å². The number of halogens is 1. The Morgan fingerprint density at radius 3 is 3.08 bits per heavy atom. The van der Waals surface area contributed by atoms with Gasteiger partial charge in [0.1, 0.15) is 11.6 Å². The Labute approximate surface area is 139 Å². The molecule has 0 radical (unpaired) electrons. The molecular weight excluding hydrogens is 303 g/mol. The fourth-order valence-electron chi connectivity index (χ4n) is 3.58. The number of benzene rings is 1. The summed E-state index contributed by atoms with van der Waals surface area (Å²) in [5.74, 6) is 1.42. The molecule has 3 heterocycles. The molecule has 5 rings (SSSR count). The second-order valence-corrected chi connectivity index (χ2v) is 6.94. The second kappa shape index (κ2) is 5.38. The number of H-pyrrole nitrogens is 1. The Morgan fingerprint density at radius 1 is 1.29 bits per heavy atom. The number of hydrogen-bond donors (Lipinski definition) is 1. The summed E-state index contributed by atoms with van der Waals surface area (Å²) in [4.78, 5) is 14.9. The molecule has 1 N–H and O–H groups in total. The minimum absolute atomic E-state index is 0.202. The zero-order valence-corrected chi connectivity index (χ0v) is 13.4. The van der Waals surface area contributed by atoms with E-state index in [0.29, 0.717) is 5.92 Å². The van der Waals surface area contributed by atoms with Crippen molar-refractivity contribution >= 4 is 10.9 Å². The molecule has 3 aromatic rings. The van der Waals surface area contributed by atoms with Crippen LogP contribution in [-0.2, 0) is 19.5 Å². The van der Waals surface area contributed by atoms with Crippen LogP contribution in [0.2, 0.25) is 0 Å². The van der Waals surface area contributed by atoms with Crippen molar-refractivity contribution in [3.63, 3.8) is 0 Å². The predicted octanol–water partition coefficient (Wildman–Crippen LogP) is 3.53. The third-order valence-electron chi connectivity index (χ3n) is 5.11. The molecule has 4 nitrogen and oxygen atoms in total. The van der Waals surface area contributed by atoms with Crippen LogP contribution in [0, 0.1) is 5.82 Å². The third-order valence-corrected chi connectivity index (χ3v) is 5.11. The zero-order chi connectivity index (χ0) is 16.1. The molecule has 2 aliphatic rings. The third kappa shape index (κ3) is 2.49. The monoisotopic (exact) mass is 322 g/mol. The van der Waals surface area contributed by atoms with Gasteiger partial charge in [-0.15, -0.1) is 0 Å². The molecule has 1 saturated carbocycles. The van der Waals surface area contributed by atoms with Crippen molar-refractivity contribution in [3.05, 3.63) is 59.1 Å². The van der Waals surface area contributed by atoms with Crippen molar-refractivity contribution in [1.82, 2.24) is 19.9 Å². The first kappa shape index (κ1) is 14.1. The Kier molecular flexibility index (Phi) is 3.16. The Balaban J connectivity index is 1.39. The molecular formula is C19H19FN4. The van der Waals surface area contributed by atoms with E-state index in [2.05, 4.69) is 14.9 Å². The summed E-state index contributed by atoms with van der Waals surface area (Å²) in [6.45, 7) is 2.73. The first-order valence-electron chi connectivity index (χ1n) is 8.59. The quantitative estimate of drug-likeness (QED) is 0.802. The highest BCUT2D eigenvalue weighted by atomic mass is 19.1. The van der Waals surface area contributed by atoms with Gasteiger partial charge in [0.25, 0.3) is 0 Å². The van der Waals surface area contributed by atoms with E-state index in [1.807, 2.05) is 18.5 Å². The van der Waals surface area contributed by atoms with Crippen LogP contribution in [0.4, 0.5) is 4.39 Å². The first-order valence-corrected chi connectivity index (χ1v) is 8.59. The average Bonchev–Trinajstić information content (AvgIpc) is 3.37. The van der Waals surface area contributed by atoms with Crippen LogP contribution >= 0.6 is 0 Å². The van der Waals surface area contributed by atoms with Crippen molar-refractivity contribution in [3.8, 4) is 0 Å². The van der Waals surface area contributed by atoms with Crippen molar-refractivity contribution in [2.75, 3.05) is 6.54 Å². The molecule has 5 heteroatoms. The summed E-state index contributed by atoms with van der Waals surface area (Å²) in [5.41, 5.74) is 4.55. The van der Waals surface area contributed by atoms with Crippen molar-refractivity contribution < 1.29 is 4.39 Å². The molecule has 1 aliphatic heterocycles. The molecule has 1 aromatic carbocycles. The van der Waals surface area contributed by atoms with Gasteiger partial charge in [0.05, 0.1) is 5.69 Å². The highest BCUT2D eigenvalue weighted by molar-refractivity contribution is 5.83. The van der Waals surface area contributed by atoms with Crippen molar-refractivity contribution in [2.45, 2.75) is 38.3 Å². The van der Waals surface area contributed by atoms with E-state index < -0.39 is 0 Å². The Morgan fingerprint density at radius 2 is 2.21 bits per heavy atom. The average molecular weight is 322 g/mol. The summed E-state index contributed by atoms with van der Waals surface area (Å²) < 4.78 is 13.3. The summed E-state index contributed by atoms with van der Waals surface area (Å²) in [6.07, 6.45) is 7.48. The first-order chi connectivity index (χ1) is 11.8. The standard InChI is InChI=1S/C19H19FN4/c20-15-3-4-16-14(9-21-17(16)7-15)10-24-6-5-13-8-22-19(12-1-2-12)23-18(13)11-24/h3-4,7-9,12,21H,1-2,5-6,10-11H2. The van der Waals surface area contributed by atoms with Crippen LogP contribution in [0.3, 0.4) is 0 Å². The molecule has 1 aliphatic carbocycles. The normalized spacial score (nSPS) is 18.0. The number of nitrogens with one attached hydrogen (secondary N) is 1. The minimum Gasteiger partial charge on any atom is -0.361 e. The van der Waals surface area contributed by atoms with Crippen molar-refractivity contribution in [1.29, 1.82) is 0 Å². The van der Waals surface area contributed by atoms with Crippen LogP contribution in [0.1, 0.15) is 41.4 Å². The number of aromatic nitrogens is 3. The van der Waals surface area contributed by atoms with Gasteiger partial charge in [-0.3, -0.25) is 4.90 Å². The van der Waals surface area contributed by atoms with E-state index in [9.17, 15) is 4.39 Å². The van der Waals surface area contributed by atoms with E-state index in [-0.39, 0.29) is 5.82 Å². The lowest BCUT2D eigenvalue weighted by Crippen LogP contribution is -2.31. The van der Waals surface area contributed by atoms with Gasteiger partial charge in [-0.05, 0) is 48.6 Å². The maximum atomic E-state index is 13.3. The molecule has 0 saturated heterocycles. The molecule has 0 atom stereocenters. The summed E-state index contributed by atoms with van der Waals surface area (Å²) in [7, 11) is 0. The molecule has 0 amide bonds.